The van der Waals surface area contributed by atoms with E-state index in [9.17, 15) is 26.4 Å². The Bertz CT molecular complexity index is 658. The van der Waals surface area contributed by atoms with E-state index in [-0.39, 0.29) is 24.7 Å². The van der Waals surface area contributed by atoms with E-state index in [4.69, 9.17) is 0 Å². The highest BCUT2D eigenvalue weighted by Crippen LogP contribution is 2.29. The lowest BCUT2D eigenvalue weighted by molar-refractivity contribution is -0.137. The van der Waals surface area contributed by atoms with E-state index >= 15 is 0 Å². The van der Waals surface area contributed by atoms with Crippen LogP contribution in [0.25, 0.3) is 0 Å². The first-order valence-corrected chi connectivity index (χ1v) is 9.24. The molecule has 0 aliphatic rings. The van der Waals surface area contributed by atoms with Gasteiger partial charge in [0.25, 0.3) is 5.91 Å². The standard InChI is InChI=1S/C15H21F3N2O3S/c1-4-11(2)20(24(3,22)23)10-9-19-14(21)12-5-7-13(8-6-12)15(16,17)18/h5-8,11H,4,9-10H2,1-3H3,(H,19,21). The fraction of sp³-hybridized carbons (Fsp3) is 0.533. The Labute approximate surface area is 139 Å². The van der Waals surface area contributed by atoms with Crippen molar-refractivity contribution in [2.24, 2.45) is 0 Å². The summed E-state index contributed by atoms with van der Waals surface area (Å²) < 4.78 is 62.1. The van der Waals surface area contributed by atoms with E-state index in [1.165, 1.54) is 4.31 Å². The van der Waals surface area contributed by atoms with Crippen molar-refractivity contribution in [3.05, 3.63) is 35.4 Å². The molecule has 0 aliphatic heterocycles. The molecule has 9 heteroatoms. The molecule has 1 amide bonds. The molecular formula is C15H21F3N2O3S. The maximum Gasteiger partial charge on any atom is 0.416 e. The van der Waals surface area contributed by atoms with Gasteiger partial charge in [-0.3, -0.25) is 4.79 Å². The number of nitrogens with one attached hydrogen (secondary N) is 1. The average molecular weight is 366 g/mol. The van der Waals surface area contributed by atoms with Crippen molar-refractivity contribution in [3.63, 3.8) is 0 Å². The van der Waals surface area contributed by atoms with Crippen LogP contribution < -0.4 is 5.32 Å². The molecule has 0 saturated carbocycles. The van der Waals surface area contributed by atoms with Crippen molar-refractivity contribution in [2.75, 3.05) is 19.3 Å². The molecule has 1 N–H and O–H groups in total. The molecule has 1 aromatic rings. The van der Waals surface area contributed by atoms with Gasteiger partial charge in [-0.05, 0) is 37.6 Å². The Morgan fingerprint density at radius 1 is 1.25 bits per heavy atom. The second-order valence-corrected chi connectivity index (χ2v) is 7.40. The topological polar surface area (TPSA) is 66.5 Å². The van der Waals surface area contributed by atoms with Gasteiger partial charge in [-0.2, -0.15) is 17.5 Å². The van der Waals surface area contributed by atoms with Gasteiger partial charge in [0.1, 0.15) is 0 Å². The summed E-state index contributed by atoms with van der Waals surface area (Å²) in [7, 11) is -3.40. The van der Waals surface area contributed by atoms with Crippen LogP contribution in [0, 0.1) is 0 Å². The third-order valence-corrected chi connectivity index (χ3v) is 5.00. The molecule has 0 fully saturated rings. The highest BCUT2D eigenvalue weighted by atomic mass is 32.2. The van der Waals surface area contributed by atoms with Gasteiger partial charge in [-0.15, -0.1) is 0 Å². The summed E-state index contributed by atoms with van der Waals surface area (Å²) in [5.74, 6) is -0.554. The zero-order chi connectivity index (χ0) is 18.5. The zero-order valence-corrected chi connectivity index (χ0v) is 14.5. The van der Waals surface area contributed by atoms with Crippen LogP contribution in [0.3, 0.4) is 0 Å². The molecule has 0 heterocycles. The lowest BCUT2D eigenvalue weighted by Gasteiger charge is -2.25. The van der Waals surface area contributed by atoms with Gasteiger partial charge >= 0.3 is 6.18 Å². The highest BCUT2D eigenvalue weighted by molar-refractivity contribution is 7.88. The SMILES string of the molecule is CCC(C)N(CCNC(=O)c1ccc(C(F)(F)F)cc1)S(C)(=O)=O. The summed E-state index contributed by atoms with van der Waals surface area (Å²) >= 11 is 0. The molecule has 0 aromatic heterocycles. The number of amides is 1. The summed E-state index contributed by atoms with van der Waals surface area (Å²) in [6, 6.07) is 3.62. The summed E-state index contributed by atoms with van der Waals surface area (Å²) in [4.78, 5) is 11.9. The highest BCUT2D eigenvalue weighted by Gasteiger charge is 2.30. The first kappa shape index (κ1) is 20.4. The lowest BCUT2D eigenvalue weighted by Crippen LogP contribution is -2.42. The number of nitrogens with zero attached hydrogens (tertiary/aromatic N) is 1. The Morgan fingerprint density at radius 2 is 1.79 bits per heavy atom. The fourth-order valence-electron chi connectivity index (χ4n) is 2.11. The van der Waals surface area contributed by atoms with E-state index in [0.29, 0.717) is 6.42 Å². The molecular weight excluding hydrogens is 345 g/mol. The molecule has 136 valence electrons. The zero-order valence-electron chi connectivity index (χ0n) is 13.7. The Morgan fingerprint density at radius 3 is 2.21 bits per heavy atom. The number of carbonyl (C=O) groups is 1. The minimum absolute atomic E-state index is 0.0667. The van der Waals surface area contributed by atoms with Crippen LogP contribution in [0.5, 0.6) is 0 Å². The van der Waals surface area contributed by atoms with Gasteiger partial charge in [0.2, 0.25) is 10.0 Å². The second kappa shape index (κ2) is 7.98. The van der Waals surface area contributed by atoms with Gasteiger partial charge < -0.3 is 5.32 Å². The van der Waals surface area contributed by atoms with Gasteiger partial charge in [0, 0.05) is 24.7 Å². The molecule has 1 atom stereocenters. The average Bonchev–Trinajstić information content (AvgIpc) is 2.48. The maximum atomic E-state index is 12.5. The minimum Gasteiger partial charge on any atom is -0.351 e. The van der Waals surface area contributed by atoms with Crippen LogP contribution in [0.1, 0.15) is 36.2 Å². The van der Waals surface area contributed by atoms with Crippen molar-refractivity contribution in [2.45, 2.75) is 32.5 Å². The predicted molar refractivity (Wildman–Crippen MR) is 85.1 cm³/mol. The number of sulfonamides is 1. The fourth-order valence-corrected chi connectivity index (χ4v) is 3.33. The van der Waals surface area contributed by atoms with Gasteiger partial charge in [0.15, 0.2) is 0 Å². The first-order valence-electron chi connectivity index (χ1n) is 7.39. The minimum atomic E-state index is -4.46. The quantitative estimate of drug-likeness (QED) is 0.806. The molecule has 0 spiro atoms. The largest absolute Gasteiger partial charge is 0.416 e. The number of halogens is 3. The van der Waals surface area contributed by atoms with Crippen LogP contribution in [-0.4, -0.2) is 44.0 Å². The number of hydrogen-bond donors (Lipinski definition) is 1. The smallest absolute Gasteiger partial charge is 0.351 e. The molecule has 5 nitrogen and oxygen atoms in total. The molecule has 0 bridgehead atoms. The molecule has 0 aliphatic carbocycles. The van der Waals surface area contributed by atoms with E-state index in [1.54, 1.807) is 6.92 Å². The number of hydrogen-bond acceptors (Lipinski definition) is 3. The number of benzene rings is 1. The molecule has 24 heavy (non-hydrogen) atoms. The van der Waals surface area contributed by atoms with E-state index in [0.717, 1.165) is 30.5 Å². The Kier molecular flexibility index (Phi) is 6.79. The maximum absolute atomic E-state index is 12.5. The Balaban J connectivity index is 2.66. The lowest BCUT2D eigenvalue weighted by atomic mass is 10.1. The van der Waals surface area contributed by atoms with Crippen molar-refractivity contribution in [1.29, 1.82) is 0 Å². The van der Waals surface area contributed by atoms with Crippen LogP contribution in [0.15, 0.2) is 24.3 Å². The second-order valence-electron chi connectivity index (χ2n) is 5.46. The Hall–Kier alpha value is -1.61. The third-order valence-electron chi connectivity index (χ3n) is 3.60. The van der Waals surface area contributed by atoms with Gasteiger partial charge in [-0.25, -0.2) is 8.42 Å². The van der Waals surface area contributed by atoms with Crippen LogP contribution in [0.4, 0.5) is 13.2 Å². The van der Waals surface area contributed by atoms with E-state index in [2.05, 4.69) is 5.32 Å². The predicted octanol–water partition coefficient (Wildman–Crippen LogP) is 2.50. The van der Waals surface area contributed by atoms with Gasteiger partial charge in [0.05, 0.1) is 11.8 Å². The molecule has 0 radical (unpaired) electrons. The third kappa shape index (κ3) is 5.79. The van der Waals surface area contributed by atoms with Crippen molar-refractivity contribution in [3.8, 4) is 0 Å². The van der Waals surface area contributed by atoms with Crippen molar-refractivity contribution >= 4 is 15.9 Å². The van der Waals surface area contributed by atoms with E-state index < -0.39 is 27.7 Å². The molecule has 1 rings (SSSR count). The summed E-state index contributed by atoms with van der Waals surface area (Å²) in [5, 5.41) is 2.51. The summed E-state index contributed by atoms with van der Waals surface area (Å²) in [6.45, 7) is 3.78. The van der Waals surface area contributed by atoms with Crippen molar-refractivity contribution < 1.29 is 26.4 Å². The molecule has 0 saturated heterocycles. The summed E-state index contributed by atoms with van der Waals surface area (Å²) in [6.07, 6.45) is -2.74. The van der Waals surface area contributed by atoms with Crippen LogP contribution >= 0.6 is 0 Å². The molecule has 1 aromatic carbocycles. The summed E-state index contributed by atoms with van der Waals surface area (Å²) in [5.41, 5.74) is -0.753. The normalized spacial score (nSPS) is 13.8. The van der Waals surface area contributed by atoms with Crippen LogP contribution in [0.2, 0.25) is 0 Å². The number of carbonyl (C=O) groups excluding carboxylic acids is 1. The van der Waals surface area contributed by atoms with Crippen molar-refractivity contribution in [1.82, 2.24) is 9.62 Å². The molecule has 1 unspecified atom stereocenters. The van der Waals surface area contributed by atoms with Gasteiger partial charge in [-0.1, -0.05) is 6.92 Å². The first-order chi connectivity index (χ1) is 11.0. The monoisotopic (exact) mass is 366 g/mol. The number of rotatable bonds is 7. The van der Waals surface area contributed by atoms with E-state index in [1.807, 2.05) is 6.92 Å². The van der Waals surface area contributed by atoms with Crippen LogP contribution in [-0.2, 0) is 16.2 Å². The number of alkyl halides is 3.